The Kier molecular flexibility index (Phi) is 2.82. The summed E-state index contributed by atoms with van der Waals surface area (Å²) in [5, 5.41) is 0. The van der Waals surface area contributed by atoms with Crippen molar-refractivity contribution in [2.75, 3.05) is 0 Å². The van der Waals surface area contributed by atoms with E-state index < -0.39 is 0 Å². The molecule has 96 valence electrons. The van der Waals surface area contributed by atoms with Crippen LogP contribution in [0, 0.1) is 19.7 Å². The number of nitrogens with zero attached hydrogens (tertiary/aromatic N) is 1. The van der Waals surface area contributed by atoms with Crippen LogP contribution in [0.2, 0.25) is 0 Å². The van der Waals surface area contributed by atoms with Crippen molar-refractivity contribution in [2.45, 2.75) is 20.3 Å². The molecule has 0 aliphatic rings. The molecule has 2 nitrogen and oxygen atoms in total. The Bertz CT molecular complexity index is 744. The minimum atomic E-state index is -0.278. The van der Waals surface area contributed by atoms with Gasteiger partial charge in [-0.1, -0.05) is 24.3 Å². The number of H-pyrrole nitrogens is 1. The minimum Gasteiger partial charge on any atom is -0.342 e. The molecular formula is C16H15FN2. The van der Waals surface area contributed by atoms with Crippen LogP contribution in [0.25, 0.3) is 11.0 Å². The molecule has 0 radical (unpaired) electrons. The Morgan fingerprint density at radius 3 is 2.68 bits per heavy atom. The summed E-state index contributed by atoms with van der Waals surface area (Å²) in [6, 6.07) is 11.3. The van der Waals surface area contributed by atoms with Crippen molar-refractivity contribution in [3.63, 3.8) is 0 Å². The van der Waals surface area contributed by atoms with Crippen molar-refractivity contribution in [3.05, 3.63) is 64.7 Å². The van der Waals surface area contributed by atoms with Gasteiger partial charge in [-0.3, -0.25) is 0 Å². The van der Waals surface area contributed by atoms with E-state index in [2.05, 4.69) is 42.0 Å². The summed E-state index contributed by atoms with van der Waals surface area (Å²) < 4.78 is 13.6. The fourth-order valence-corrected chi connectivity index (χ4v) is 2.24. The summed E-state index contributed by atoms with van der Waals surface area (Å²) in [7, 11) is 0. The van der Waals surface area contributed by atoms with Crippen LogP contribution < -0.4 is 0 Å². The summed E-state index contributed by atoms with van der Waals surface area (Å²) in [6.45, 7) is 4.19. The van der Waals surface area contributed by atoms with E-state index in [9.17, 15) is 4.39 Å². The first kappa shape index (κ1) is 11.9. The molecule has 0 fully saturated rings. The molecule has 0 spiro atoms. The third-order valence-corrected chi connectivity index (χ3v) is 3.46. The van der Waals surface area contributed by atoms with E-state index in [1.807, 2.05) is 6.07 Å². The summed E-state index contributed by atoms with van der Waals surface area (Å²) >= 11 is 0. The van der Waals surface area contributed by atoms with Gasteiger partial charge in [0.05, 0.1) is 5.52 Å². The van der Waals surface area contributed by atoms with Crippen LogP contribution in [0.15, 0.2) is 36.4 Å². The van der Waals surface area contributed by atoms with E-state index in [4.69, 9.17) is 0 Å². The van der Waals surface area contributed by atoms with Gasteiger partial charge in [0, 0.05) is 6.42 Å². The van der Waals surface area contributed by atoms with Gasteiger partial charge >= 0.3 is 0 Å². The predicted octanol–water partition coefficient (Wildman–Crippen LogP) is 3.91. The van der Waals surface area contributed by atoms with Crippen molar-refractivity contribution >= 4 is 11.0 Å². The highest BCUT2D eigenvalue weighted by Crippen LogP contribution is 2.18. The number of rotatable bonds is 2. The molecule has 0 bridgehead atoms. The van der Waals surface area contributed by atoms with E-state index in [0.29, 0.717) is 11.9 Å². The Hall–Kier alpha value is -2.16. The third-order valence-electron chi connectivity index (χ3n) is 3.46. The van der Waals surface area contributed by atoms with Crippen LogP contribution in [-0.2, 0) is 6.42 Å². The standard InChI is InChI=1S/C16H15FN2/c1-10-6-7-12(8-11(10)2)9-15-18-14-5-3-4-13(17)16(14)19-15/h3-8H,9H2,1-2H3,(H,18,19). The Morgan fingerprint density at radius 1 is 1.11 bits per heavy atom. The lowest BCUT2D eigenvalue weighted by Gasteiger charge is -2.03. The smallest absolute Gasteiger partial charge is 0.151 e. The van der Waals surface area contributed by atoms with Gasteiger partial charge in [0.1, 0.15) is 11.3 Å². The average Bonchev–Trinajstić information content (AvgIpc) is 2.78. The van der Waals surface area contributed by atoms with E-state index in [1.165, 1.54) is 22.8 Å². The van der Waals surface area contributed by atoms with Crippen molar-refractivity contribution in [2.24, 2.45) is 0 Å². The summed E-state index contributed by atoms with van der Waals surface area (Å²) in [4.78, 5) is 7.50. The molecule has 0 atom stereocenters. The maximum absolute atomic E-state index is 13.6. The molecule has 0 unspecified atom stereocenters. The first-order chi connectivity index (χ1) is 9.13. The third kappa shape index (κ3) is 2.24. The van der Waals surface area contributed by atoms with E-state index in [1.54, 1.807) is 6.07 Å². The van der Waals surface area contributed by atoms with Gasteiger partial charge in [0.2, 0.25) is 0 Å². The van der Waals surface area contributed by atoms with Crippen LogP contribution in [0.5, 0.6) is 0 Å². The molecule has 19 heavy (non-hydrogen) atoms. The first-order valence-electron chi connectivity index (χ1n) is 6.33. The normalized spacial score (nSPS) is 11.1. The fourth-order valence-electron chi connectivity index (χ4n) is 2.24. The highest BCUT2D eigenvalue weighted by atomic mass is 19.1. The number of imidazole rings is 1. The molecule has 0 aliphatic heterocycles. The molecule has 0 saturated carbocycles. The fraction of sp³-hybridized carbons (Fsp3) is 0.188. The van der Waals surface area contributed by atoms with Gasteiger partial charge in [0.15, 0.2) is 5.82 Å². The van der Waals surface area contributed by atoms with E-state index >= 15 is 0 Å². The first-order valence-corrected chi connectivity index (χ1v) is 6.33. The van der Waals surface area contributed by atoms with Gasteiger partial charge in [-0.15, -0.1) is 0 Å². The second kappa shape index (κ2) is 4.50. The molecule has 3 heteroatoms. The molecule has 0 aliphatic carbocycles. The van der Waals surface area contributed by atoms with Crippen LogP contribution in [0.1, 0.15) is 22.5 Å². The highest BCUT2D eigenvalue weighted by Gasteiger charge is 2.07. The van der Waals surface area contributed by atoms with Crippen molar-refractivity contribution in [3.8, 4) is 0 Å². The Balaban J connectivity index is 1.96. The van der Waals surface area contributed by atoms with E-state index in [0.717, 1.165) is 11.3 Å². The number of para-hydroxylation sites is 1. The molecule has 1 N–H and O–H groups in total. The van der Waals surface area contributed by atoms with E-state index in [-0.39, 0.29) is 5.82 Å². The second-order valence-electron chi connectivity index (χ2n) is 4.91. The van der Waals surface area contributed by atoms with Crippen LogP contribution >= 0.6 is 0 Å². The number of nitrogens with one attached hydrogen (secondary N) is 1. The summed E-state index contributed by atoms with van der Waals surface area (Å²) in [5.41, 5.74) is 4.89. The van der Waals surface area contributed by atoms with Crippen LogP contribution in [0.4, 0.5) is 4.39 Å². The molecule has 3 rings (SSSR count). The minimum absolute atomic E-state index is 0.278. The molecule has 0 saturated heterocycles. The lowest BCUT2D eigenvalue weighted by atomic mass is 10.0. The number of hydrogen-bond acceptors (Lipinski definition) is 1. The number of benzene rings is 2. The van der Waals surface area contributed by atoms with Crippen molar-refractivity contribution < 1.29 is 4.39 Å². The monoisotopic (exact) mass is 254 g/mol. The Labute approximate surface area is 111 Å². The molecule has 1 aromatic heterocycles. The molecular weight excluding hydrogens is 239 g/mol. The topological polar surface area (TPSA) is 28.7 Å². The average molecular weight is 254 g/mol. The quantitative estimate of drug-likeness (QED) is 0.738. The van der Waals surface area contributed by atoms with Crippen molar-refractivity contribution in [1.82, 2.24) is 9.97 Å². The number of fused-ring (bicyclic) bond motifs is 1. The summed E-state index contributed by atoms with van der Waals surface area (Å²) in [5.74, 6) is 0.517. The predicted molar refractivity (Wildman–Crippen MR) is 74.8 cm³/mol. The van der Waals surface area contributed by atoms with Gasteiger partial charge in [-0.2, -0.15) is 0 Å². The van der Waals surface area contributed by atoms with Crippen molar-refractivity contribution in [1.29, 1.82) is 0 Å². The number of hydrogen-bond donors (Lipinski definition) is 1. The molecule has 1 heterocycles. The lowest BCUT2D eigenvalue weighted by Crippen LogP contribution is -1.92. The zero-order chi connectivity index (χ0) is 13.4. The highest BCUT2D eigenvalue weighted by molar-refractivity contribution is 5.75. The lowest BCUT2D eigenvalue weighted by molar-refractivity contribution is 0.637. The zero-order valence-electron chi connectivity index (χ0n) is 11.0. The van der Waals surface area contributed by atoms with Gasteiger partial charge in [-0.05, 0) is 42.7 Å². The largest absolute Gasteiger partial charge is 0.342 e. The molecule has 3 aromatic rings. The summed E-state index contributed by atoms with van der Waals surface area (Å²) in [6.07, 6.45) is 0.690. The number of aromatic nitrogens is 2. The number of halogens is 1. The molecule has 2 aromatic carbocycles. The number of aryl methyl sites for hydroxylation is 2. The van der Waals surface area contributed by atoms with Crippen LogP contribution in [-0.4, -0.2) is 9.97 Å². The second-order valence-corrected chi connectivity index (χ2v) is 4.91. The zero-order valence-corrected chi connectivity index (χ0v) is 11.0. The van der Waals surface area contributed by atoms with Gasteiger partial charge < -0.3 is 4.98 Å². The SMILES string of the molecule is Cc1ccc(Cc2nc3c(F)cccc3[nH]2)cc1C. The van der Waals surface area contributed by atoms with Gasteiger partial charge in [0.25, 0.3) is 0 Å². The van der Waals surface area contributed by atoms with Crippen LogP contribution in [0.3, 0.4) is 0 Å². The molecule has 0 amide bonds. The maximum Gasteiger partial charge on any atom is 0.151 e. The number of aromatic amines is 1. The van der Waals surface area contributed by atoms with Gasteiger partial charge in [-0.25, -0.2) is 9.37 Å². The Morgan fingerprint density at radius 2 is 1.95 bits per heavy atom. The maximum atomic E-state index is 13.6.